The summed E-state index contributed by atoms with van der Waals surface area (Å²) < 4.78 is 5.86. The third-order valence-corrected chi connectivity index (χ3v) is 12.4. The molecule has 4 heteroatoms. The van der Waals surface area contributed by atoms with Crippen molar-refractivity contribution in [1.29, 1.82) is 0 Å². The summed E-state index contributed by atoms with van der Waals surface area (Å²) >= 11 is 0. The van der Waals surface area contributed by atoms with Crippen molar-refractivity contribution in [2.75, 3.05) is 0 Å². The average Bonchev–Trinajstić information content (AvgIpc) is 2.74. The second kappa shape index (κ2) is 7.84. The Hall–Kier alpha value is -1.32. The molecule has 0 spiro atoms. The van der Waals surface area contributed by atoms with Gasteiger partial charge in [-0.25, -0.2) is 0 Å². The average molecular weight is 485 g/mol. The number of carbonyl (C=O) groups is 2. The van der Waals surface area contributed by atoms with Gasteiger partial charge in [-0.3, -0.25) is 9.59 Å². The van der Waals surface area contributed by atoms with Crippen LogP contribution in [-0.4, -0.2) is 23.1 Å². The SMILES string of the molecule is CC(=O)O[C@H]1CC[C@]2(C)[C@H]3CCC4=C(CC[C@@]5(C(=O)O)CCC(C)(C)C[C@@H]45)[C@]3(C)CC[C@H]2C1(C)C. The maximum atomic E-state index is 12.7. The minimum atomic E-state index is -0.543. The number of hydrogen-bond donors (Lipinski definition) is 1. The second-order valence-electron chi connectivity index (χ2n) is 14.9. The molecule has 5 rings (SSSR count). The predicted molar refractivity (Wildman–Crippen MR) is 138 cm³/mol. The van der Waals surface area contributed by atoms with E-state index in [1.807, 2.05) is 0 Å². The fourth-order valence-corrected chi connectivity index (χ4v) is 10.6. The first-order valence-electron chi connectivity index (χ1n) is 14.3. The molecule has 0 aromatic rings. The van der Waals surface area contributed by atoms with E-state index in [0.29, 0.717) is 11.8 Å². The van der Waals surface area contributed by atoms with E-state index in [1.165, 1.54) is 19.3 Å². The Kier molecular flexibility index (Phi) is 5.67. The van der Waals surface area contributed by atoms with Gasteiger partial charge in [0, 0.05) is 12.3 Å². The smallest absolute Gasteiger partial charge is 0.310 e. The zero-order valence-electron chi connectivity index (χ0n) is 23.3. The Bertz CT molecular complexity index is 959. The Morgan fingerprint density at radius 3 is 2.23 bits per heavy atom. The molecule has 35 heavy (non-hydrogen) atoms. The zero-order chi connectivity index (χ0) is 25.6. The van der Waals surface area contributed by atoms with Crippen LogP contribution in [0.2, 0.25) is 0 Å². The molecule has 1 N–H and O–H groups in total. The second-order valence-corrected chi connectivity index (χ2v) is 14.9. The predicted octanol–water partition coefficient (Wildman–Crippen LogP) is 7.56. The van der Waals surface area contributed by atoms with E-state index in [4.69, 9.17) is 4.74 Å². The molecule has 0 radical (unpaired) electrons. The summed E-state index contributed by atoms with van der Waals surface area (Å²) in [6, 6.07) is 0. The number of ether oxygens (including phenoxy) is 1. The summed E-state index contributed by atoms with van der Waals surface area (Å²) in [5.41, 5.74) is 3.29. The van der Waals surface area contributed by atoms with Crippen molar-refractivity contribution in [1.82, 2.24) is 0 Å². The van der Waals surface area contributed by atoms with Crippen LogP contribution >= 0.6 is 0 Å². The monoisotopic (exact) mass is 484 g/mol. The van der Waals surface area contributed by atoms with Crippen molar-refractivity contribution >= 4 is 11.9 Å². The van der Waals surface area contributed by atoms with E-state index in [0.717, 1.165) is 51.4 Å². The highest BCUT2D eigenvalue weighted by atomic mass is 16.5. The van der Waals surface area contributed by atoms with Crippen LogP contribution in [0.4, 0.5) is 0 Å². The summed E-state index contributed by atoms with van der Waals surface area (Å²) in [5.74, 6) is 0.687. The van der Waals surface area contributed by atoms with Crippen molar-refractivity contribution in [3.63, 3.8) is 0 Å². The molecule has 5 aliphatic carbocycles. The molecule has 4 nitrogen and oxygen atoms in total. The fraction of sp³-hybridized carbons (Fsp3) is 0.871. The molecule has 0 aromatic heterocycles. The lowest BCUT2D eigenvalue weighted by atomic mass is 9.38. The molecule has 0 saturated heterocycles. The van der Waals surface area contributed by atoms with Crippen LogP contribution in [-0.2, 0) is 14.3 Å². The molecular formula is C31H48O4. The third-order valence-electron chi connectivity index (χ3n) is 12.4. The summed E-state index contributed by atoms with van der Waals surface area (Å²) in [6.45, 7) is 16.0. The van der Waals surface area contributed by atoms with Crippen molar-refractivity contribution in [3.8, 4) is 0 Å². The largest absolute Gasteiger partial charge is 0.481 e. The molecule has 0 amide bonds. The highest BCUT2D eigenvalue weighted by Crippen LogP contribution is 2.71. The van der Waals surface area contributed by atoms with E-state index in [1.54, 1.807) is 18.1 Å². The quantitative estimate of drug-likeness (QED) is 0.324. The normalized spacial score (nSPS) is 45.9. The number of aliphatic carboxylic acids is 1. The number of fused-ring (bicyclic) bond motifs is 6. The lowest BCUT2D eigenvalue weighted by Crippen LogP contribution is -2.61. The van der Waals surface area contributed by atoms with Gasteiger partial charge in [-0.1, -0.05) is 52.7 Å². The number of esters is 1. The first kappa shape index (κ1) is 25.3. The number of allylic oxidation sites excluding steroid dienone is 2. The Morgan fingerprint density at radius 2 is 1.57 bits per heavy atom. The summed E-state index contributed by atoms with van der Waals surface area (Å²) in [4.78, 5) is 24.6. The maximum absolute atomic E-state index is 12.7. The molecule has 0 bridgehead atoms. The van der Waals surface area contributed by atoms with Crippen molar-refractivity contribution in [2.45, 2.75) is 125 Å². The van der Waals surface area contributed by atoms with Crippen LogP contribution in [0, 0.1) is 44.8 Å². The van der Waals surface area contributed by atoms with Crippen molar-refractivity contribution in [3.05, 3.63) is 11.1 Å². The topological polar surface area (TPSA) is 63.6 Å². The Balaban J connectivity index is 1.52. The van der Waals surface area contributed by atoms with Gasteiger partial charge < -0.3 is 9.84 Å². The van der Waals surface area contributed by atoms with Crippen LogP contribution in [0.25, 0.3) is 0 Å². The van der Waals surface area contributed by atoms with E-state index in [2.05, 4.69) is 41.5 Å². The molecule has 3 fully saturated rings. The standard InChI is InChI=1S/C31H48O4/c1-19(32)35-25-12-14-30(7)23(28(25,4)5)11-13-29(6)21-10-15-31(26(33)34)17-16-27(2,3)18-22(31)20(21)8-9-24(29)30/h22-25H,8-18H2,1-7H3,(H,33,34)/t22-,23-,24-,25-,29-,30-,31+/m0/s1. The molecule has 0 unspecified atom stereocenters. The number of carboxylic acids is 1. The summed E-state index contributed by atoms with van der Waals surface area (Å²) in [5, 5.41) is 10.5. The first-order valence-corrected chi connectivity index (χ1v) is 14.3. The van der Waals surface area contributed by atoms with Crippen LogP contribution in [0.5, 0.6) is 0 Å². The van der Waals surface area contributed by atoms with Crippen LogP contribution in [0.3, 0.4) is 0 Å². The van der Waals surface area contributed by atoms with Crippen molar-refractivity contribution in [2.24, 2.45) is 44.8 Å². The molecule has 7 atom stereocenters. The summed E-state index contributed by atoms with van der Waals surface area (Å²) in [7, 11) is 0. The van der Waals surface area contributed by atoms with E-state index < -0.39 is 11.4 Å². The van der Waals surface area contributed by atoms with Gasteiger partial charge in [0.2, 0.25) is 0 Å². The van der Waals surface area contributed by atoms with Crippen LogP contribution < -0.4 is 0 Å². The van der Waals surface area contributed by atoms with Crippen molar-refractivity contribution < 1.29 is 19.4 Å². The molecule has 0 aromatic carbocycles. The fourth-order valence-electron chi connectivity index (χ4n) is 10.6. The minimum absolute atomic E-state index is 0.0103. The zero-order valence-corrected chi connectivity index (χ0v) is 23.3. The number of hydrogen-bond acceptors (Lipinski definition) is 3. The van der Waals surface area contributed by atoms with Crippen LogP contribution in [0.1, 0.15) is 119 Å². The maximum Gasteiger partial charge on any atom is 0.310 e. The molecular weight excluding hydrogens is 436 g/mol. The van der Waals surface area contributed by atoms with E-state index >= 15 is 0 Å². The van der Waals surface area contributed by atoms with Gasteiger partial charge in [-0.2, -0.15) is 0 Å². The molecule has 0 heterocycles. The van der Waals surface area contributed by atoms with Gasteiger partial charge in [0.1, 0.15) is 6.10 Å². The third kappa shape index (κ3) is 3.51. The van der Waals surface area contributed by atoms with Gasteiger partial charge in [-0.15, -0.1) is 0 Å². The Labute approximate surface area is 212 Å². The highest BCUT2D eigenvalue weighted by molar-refractivity contribution is 5.76. The van der Waals surface area contributed by atoms with Gasteiger partial charge in [-0.05, 0) is 105 Å². The van der Waals surface area contributed by atoms with E-state index in [-0.39, 0.29) is 39.7 Å². The number of rotatable bonds is 2. The van der Waals surface area contributed by atoms with Gasteiger partial charge >= 0.3 is 11.9 Å². The lowest BCUT2D eigenvalue weighted by Gasteiger charge is -2.67. The van der Waals surface area contributed by atoms with Gasteiger partial charge in [0.15, 0.2) is 0 Å². The molecule has 3 saturated carbocycles. The molecule has 196 valence electrons. The summed E-state index contributed by atoms with van der Waals surface area (Å²) in [6.07, 6.45) is 11.4. The Morgan fingerprint density at radius 1 is 0.857 bits per heavy atom. The van der Waals surface area contributed by atoms with E-state index in [9.17, 15) is 14.7 Å². The lowest BCUT2D eigenvalue weighted by molar-refractivity contribution is -0.191. The first-order chi connectivity index (χ1) is 16.2. The molecule has 5 aliphatic rings. The van der Waals surface area contributed by atoms with Gasteiger partial charge in [0.05, 0.1) is 5.41 Å². The minimum Gasteiger partial charge on any atom is -0.481 e. The number of carboxylic acid groups (broad SMARTS) is 1. The van der Waals surface area contributed by atoms with Gasteiger partial charge in [0.25, 0.3) is 0 Å². The molecule has 0 aliphatic heterocycles. The van der Waals surface area contributed by atoms with Crippen LogP contribution in [0.15, 0.2) is 11.1 Å². The highest BCUT2D eigenvalue weighted by Gasteiger charge is 2.64. The number of carbonyl (C=O) groups excluding carboxylic acids is 1.